The first-order valence-corrected chi connectivity index (χ1v) is 9.76. The molecule has 9 nitrogen and oxygen atoms in total. The number of nitrogen functional groups attached to an aromatic ring is 1. The van der Waals surface area contributed by atoms with Crippen LogP contribution in [0.2, 0.25) is 25.7 Å². The van der Waals surface area contributed by atoms with E-state index in [2.05, 4.69) is 24.7 Å². The van der Waals surface area contributed by atoms with E-state index in [0.29, 0.717) is 6.61 Å². The molecule has 1 amide bonds. The Morgan fingerprint density at radius 3 is 2.75 bits per heavy atom. The topological polar surface area (TPSA) is 125 Å². The smallest absolute Gasteiger partial charge is 0.320 e. The average Bonchev–Trinajstić information content (AvgIpc) is 2.77. The summed E-state index contributed by atoms with van der Waals surface area (Å²) in [5.41, 5.74) is 1.09. The summed E-state index contributed by atoms with van der Waals surface area (Å²) in [7, 11) is -1.19. The minimum Gasteiger partial charge on any atom is -0.360 e. The number of nitrogens with two attached hydrogens (primary N) is 1. The molecule has 0 radical (unpaired) electrons. The molecule has 112 valence electrons. The van der Waals surface area contributed by atoms with Gasteiger partial charge in [-0.2, -0.15) is 5.10 Å². The lowest BCUT2D eigenvalue weighted by Gasteiger charge is -2.15. The molecule has 0 saturated carbocycles. The van der Waals surface area contributed by atoms with E-state index in [0.717, 1.165) is 12.2 Å². The number of hydrazine groups is 1. The number of ether oxygens (including phenoxy) is 1. The lowest BCUT2D eigenvalue weighted by molar-refractivity contribution is -0.385. The van der Waals surface area contributed by atoms with Crippen LogP contribution in [0.4, 0.5) is 5.69 Å². The highest BCUT2D eigenvalue weighted by Crippen LogP contribution is 2.16. The van der Waals surface area contributed by atoms with Crippen LogP contribution in [0, 0.1) is 10.1 Å². The Kier molecular flexibility index (Phi) is 5.36. The van der Waals surface area contributed by atoms with Gasteiger partial charge in [0.25, 0.3) is 5.91 Å². The summed E-state index contributed by atoms with van der Waals surface area (Å²) in [4.78, 5) is 21.5. The van der Waals surface area contributed by atoms with Gasteiger partial charge in [0.15, 0.2) is 0 Å². The predicted molar refractivity (Wildman–Crippen MR) is 74.6 cm³/mol. The fourth-order valence-electron chi connectivity index (χ4n) is 1.38. The maximum atomic E-state index is 11.4. The van der Waals surface area contributed by atoms with Crippen LogP contribution in [0.15, 0.2) is 6.20 Å². The van der Waals surface area contributed by atoms with Crippen LogP contribution in [0.25, 0.3) is 0 Å². The molecule has 0 aliphatic heterocycles. The van der Waals surface area contributed by atoms with Crippen LogP contribution in [0.5, 0.6) is 0 Å². The van der Waals surface area contributed by atoms with Crippen molar-refractivity contribution >= 4 is 19.7 Å². The predicted octanol–water partition coefficient (Wildman–Crippen LogP) is 0.707. The first kappa shape index (κ1) is 16.3. The van der Waals surface area contributed by atoms with Crippen molar-refractivity contribution < 1.29 is 14.5 Å². The Hall–Kier alpha value is -1.78. The molecule has 1 heterocycles. The molecule has 0 aliphatic rings. The molecule has 0 unspecified atom stereocenters. The van der Waals surface area contributed by atoms with Crippen LogP contribution >= 0.6 is 0 Å². The Morgan fingerprint density at radius 2 is 2.25 bits per heavy atom. The third-order valence-electron chi connectivity index (χ3n) is 2.51. The fourth-order valence-corrected chi connectivity index (χ4v) is 2.13. The van der Waals surface area contributed by atoms with Crippen LogP contribution in [-0.4, -0.2) is 35.3 Å². The summed E-state index contributed by atoms with van der Waals surface area (Å²) in [6, 6.07) is 0.979. The minimum atomic E-state index is -1.19. The van der Waals surface area contributed by atoms with Gasteiger partial charge in [0, 0.05) is 14.7 Å². The molecule has 0 aliphatic carbocycles. The normalized spacial score (nSPS) is 11.4. The van der Waals surface area contributed by atoms with E-state index in [1.165, 1.54) is 4.68 Å². The van der Waals surface area contributed by atoms with Gasteiger partial charge in [0.1, 0.15) is 12.9 Å². The Balaban J connectivity index is 2.68. The third kappa shape index (κ3) is 4.72. The van der Waals surface area contributed by atoms with Crippen LogP contribution in [0.3, 0.4) is 0 Å². The van der Waals surface area contributed by atoms with Gasteiger partial charge >= 0.3 is 5.69 Å². The van der Waals surface area contributed by atoms with E-state index in [4.69, 9.17) is 10.6 Å². The number of carbonyl (C=O) groups excluding carboxylic acids is 1. The quantitative estimate of drug-likeness (QED) is 0.191. The van der Waals surface area contributed by atoms with Crippen molar-refractivity contribution in [3.05, 3.63) is 22.0 Å². The van der Waals surface area contributed by atoms with Gasteiger partial charge in [0.2, 0.25) is 5.69 Å². The number of nitrogens with zero attached hydrogens (tertiary/aromatic N) is 3. The highest BCUT2D eigenvalue weighted by molar-refractivity contribution is 6.76. The van der Waals surface area contributed by atoms with Crippen molar-refractivity contribution in [3.63, 3.8) is 0 Å². The number of amides is 1. The van der Waals surface area contributed by atoms with Crippen molar-refractivity contribution in [2.24, 2.45) is 5.84 Å². The number of hydrogen-bond donors (Lipinski definition) is 2. The minimum absolute atomic E-state index is 0.0587. The summed E-state index contributed by atoms with van der Waals surface area (Å²) in [6.45, 7) is 7.28. The van der Waals surface area contributed by atoms with Gasteiger partial charge in [-0.1, -0.05) is 19.6 Å². The molecule has 20 heavy (non-hydrogen) atoms. The van der Waals surface area contributed by atoms with Crippen molar-refractivity contribution in [1.29, 1.82) is 0 Å². The Bertz CT molecular complexity index is 496. The summed E-state index contributed by atoms with van der Waals surface area (Å²) >= 11 is 0. The first-order chi connectivity index (χ1) is 9.24. The fraction of sp³-hybridized carbons (Fsp3) is 0.600. The molecule has 0 spiro atoms. The Labute approximate surface area is 117 Å². The molecule has 0 fully saturated rings. The molecule has 0 saturated heterocycles. The molecular weight excluding hydrogens is 282 g/mol. The zero-order chi connectivity index (χ0) is 15.3. The van der Waals surface area contributed by atoms with E-state index in [9.17, 15) is 14.9 Å². The van der Waals surface area contributed by atoms with E-state index in [-0.39, 0.29) is 12.4 Å². The molecule has 1 rings (SSSR count). The zero-order valence-corrected chi connectivity index (χ0v) is 12.8. The van der Waals surface area contributed by atoms with Gasteiger partial charge in [0.05, 0.1) is 4.92 Å². The SMILES string of the molecule is C[Si](C)(C)CCOCn1cc([N+](=O)[O-])c(C(=O)NN)n1. The molecule has 3 N–H and O–H groups in total. The van der Waals surface area contributed by atoms with Crippen LogP contribution in [-0.2, 0) is 11.5 Å². The lowest BCUT2D eigenvalue weighted by atomic mass is 10.3. The number of hydrogen-bond acceptors (Lipinski definition) is 6. The van der Waals surface area contributed by atoms with E-state index in [1.807, 2.05) is 5.43 Å². The molecule has 0 bridgehead atoms. The van der Waals surface area contributed by atoms with E-state index < -0.39 is 24.6 Å². The molecule has 0 atom stereocenters. The summed E-state index contributed by atoms with van der Waals surface area (Å²) in [6.07, 6.45) is 1.15. The molecule has 1 aromatic rings. The van der Waals surface area contributed by atoms with Crippen molar-refractivity contribution in [2.45, 2.75) is 32.4 Å². The van der Waals surface area contributed by atoms with Gasteiger partial charge in [-0.15, -0.1) is 0 Å². The van der Waals surface area contributed by atoms with Crippen molar-refractivity contribution in [2.75, 3.05) is 6.61 Å². The number of carbonyl (C=O) groups is 1. The maximum Gasteiger partial charge on any atom is 0.320 e. The van der Waals surface area contributed by atoms with E-state index >= 15 is 0 Å². The summed E-state index contributed by atoms with van der Waals surface area (Å²) < 4.78 is 6.62. The highest BCUT2D eigenvalue weighted by atomic mass is 28.3. The summed E-state index contributed by atoms with van der Waals surface area (Å²) in [5.74, 6) is 4.15. The average molecular weight is 301 g/mol. The van der Waals surface area contributed by atoms with Crippen molar-refractivity contribution in [3.8, 4) is 0 Å². The molecular formula is C10H19N5O4Si. The largest absolute Gasteiger partial charge is 0.360 e. The van der Waals surface area contributed by atoms with Gasteiger partial charge in [-0.05, 0) is 6.04 Å². The third-order valence-corrected chi connectivity index (χ3v) is 4.21. The Morgan fingerprint density at radius 1 is 1.60 bits per heavy atom. The monoisotopic (exact) mass is 301 g/mol. The zero-order valence-electron chi connectivity index (χ0n) is 11.8. The molecule has 10 heteroatoms. The molecule has 1 aromatic heterocycles. The summed E-state index contributed by atoms with van der Waals surface area (Å²) in [5, 5.41) is 14.6. The highest BCUT2D eigenvalue weighted by Gasteiger charge is 2.25. The number of rotatable bonds is 7. The number of nitro groups is 1. The second-order valence-corrected chi connectivity index (χ2v) is 11.1. The lowest BCUT2D eigenvalue weighted by Crippen LogP contribution is -2.31. The second-order valence-electron chi connectivity index (χ2n) is 5.48. The maximum absolute atomic E-state index is 11.4. The standard InChI is InChI=1S/C10H19N5O4Si/c1-20(2,3)5-4-19-7-14-6-8(15(17)18)9(13-14)10(16)12-11/h6H,4-5,7,11H2,1-3H3,(H,12,16). The van der Waals surface area contributed by atoms with Crippen molar-refractivity contribution in [1.82, 2.24) is 15.2 Å². The van der Waals surface area contributed by atoms with Crippen LogP contribution in [0.1, 0.15) is 10.5 Å². The van der Waals surface area contributed by atoms with Gasteiger partial charge in [-0.3, -0.25) is 20.3 Å². The molecule has 0 aromatic carbocycles. The van der Waals surface area contributed by atoms with E-state index in [1.54, 1.807) is 0 Å². The number of nitrogens with one attached hydrogen (secondary N) is 1. The van der Waals surface area contributed by atoms with Gasteiger partial charge in [-0.25, -0.2) is 10.5 Å². The van der Waals surface area contributed by atoms with Gasteiger partial charge < -0.3 is 4.74 Å². The van der Waals surface area contributed by atoms with Crippen LogP contribution < -0.4 is 11.3 Å². The second kappa shape index (κ2) is 6.59. The number of aromatic nitrogens is 2. The first-order valence-electron chi connectivity index (χ1n) is 6.05.